The fourth-order valence-electron chi connectivity index (χ4n) is 1.73. The number of Topliss-reactive ketones (excluding diaryl/α,β-unsaturated/α-hetero) is 1. The molecule has 0 unspecified atom stereocenters. The highest BCUT2D eigenvalue weighted by Crippen LogP contribution is 2.26. The van der Waals surface area contributed by atoms with E-state index in [1.165, 1.54) is 28.4 Å². The lowest BCUT2D eigenvalue weighted by molar-refractivity contribution is -0.272. The molecule has 6 heteroatoms. The maximum absolute atomic E-state index is 12.1. The number of ether oxygens (including phenoxy) is 5. The van der Waals surface area contributed by atoms with Crippen molar-refractivity contribution in [1.29, 1.82) is 0 Å². The van der Waals surface area contributed by atoms with Crippen LogP contribution in [0.25, 0.3) is 0 Å². The summed E-state index contributed by atoms with van der Waals surface area (Å²) in [6.07, 6.45) is -1.12. The normalized spacial score (nSPS) is 35.4. The van der Waals surface area contributed by atoms with E-state index in [0.717, 1.165) is 0 Å². The number of rotatable bonds is 5. The van der Waals surface area contributed by atoms with Crippen LogP contribution in [0.3, 0.4) is 0 Å². The second-order valence-corrected chi connectivity index (χ2v) is 3.50. The van der Waals surface area contributed by atoms with E-state index in [2.05, 4.69) is 0 Å². The lowest BCUT2D eigenvalue weighted by Crippen LogP contribution is -2.61. The van der Waals surface area contributed by atoms with Crippen molar-refractivity contribution in [3.05, 3.63) is 0 Å². The molecule has 94 valence electrons. The lowest BCUT2D eigenvalue weighted by atomic mass is 9.99. The van der Waals surface area contributed by atoms with Gasteiger partial charge in [-0.1, -0.05) is 0 Å². The molecule has 1 heterocycles. The van der Waals surface area contributed by atoms with Crippen molar-refractivity contribution in [1.82, 2.24) is 0 Å². The third-order valence-corrected chi connectivity index (χ3v) is 2.67. The number of hydrogen-bond acceptors (Lipinski definition) is 6. The minimum atomic E-state index is -1.38. The van der Waals surface area contributed by atoms with Gasteiger partial charge in [-0.15, -0.1) is 0 Å². The van der Waals surface area contributed by atoms with E-state index in [-0.39, 0.29) is 19.0 Å². The predicted molar refractivity (Wildman–Crippen MR) is 54.2 cm³/mol. The molecule has 0 amide bonds. The third kappa shape index (κ3) is 2.26. The molecule has 0 aromatic rings. The Balaban J connectivity index is 2.87. The van der Waals surface area contributed by atoms with Crippen LogP contribution in [0, 0.1) is 0 Å². The van der Waals surface area contributed by atoms with Crippen LogP contribution in [0.4, 0.5) is 0 Å². The molecule has 0 bridgehead atoms. The lowest BCUT2D eigenvalue weighted by Gasteiger charge is -2.40. The van der Waals surface area contributed by atoms with Crippen LogP contribution in [-0.2, 0) is 28.5 Å². The molecule has 3 atom stereocenters. The molecule has 1 aliphatic rings. The van der Waals surface area contributed by atoms with Crippen LogP contribution in [0.1, 0.15) is 0 Å². The Morgan fingerprint density at radius 2 is 2.00 bits per heavy atom. The average Bonchev–Trinajstić information content (AvgIpc) is 2.31. The first-order chi connectivity index (χ1) is 7.65. The largest absolute Gasteiger partial charge is 0.379 e. The SMILES string of the molecule is COC[C@@]1(OC)OC[C@@H](OC)[C@@H](OC)C1=O. The van der Waals surface area contributed by atoms with Gasteiger partial charge in [0.15, 0.2) is 0 Å². The highest BCUT2D eigenvalue weighted by atomic mass is 16.7. The molecule has 1 saturated heterocycles. The molecule has 0 aromatic carbocycles. The van der Waals surface area contributed by atoms with E-state index in [1.807, 2.05) is 0 Å². The average molecular weight is 234 g/mol. The van der Waals surface area contributed by atoms with Crippen molar-refractivity contribution in [2.24, 2.45) is 0 Å². The van der Waals surface area contributed by atoms with Gasteiger partial charge in [0, 0.05) is 28.4 Å². The Labute approximate surface area is 94.7 Å². The van der Waals surface area contributed by atoms with Gasteiger partial charge in [0.05, 0.1) is 6.61 Å². The van der Waals surface area contributed by atoms with Crippen molar-refractivity contribution in [3.8, 4) is 0 Å². The summed E-state index contributed by atoms with van der Waals surface area (Å²) in [6.45, 7) is 0.247. The molecule has 0 radical (unpaired) electrons. The molecule has 1 fully saturated rings. The summed E-state index contributed by atoms with van der Waals surface area (Å²) in [5, 5.41) is 0. The molecule has 16 heavy (non-hydrogen) atoms. The molecule has 0 aromatic heterocycles. The van der Waals surface area contributed by atoms with Gasteiger partial charge in [-0.25, -0.2) is 0 Å². The number of hydrogen-bond donors (Lipinski definition) is 0. The third-order valence-electron chi connectivity index (χ3n) is 2.67. The van der Waals surface area contributed by atoms with Crippen LogP contribution in [0.2, 0.25) is 0 Å². The van der Waals surface area contributed by atoms with Gasteiger partial charge in [-0.2, -0.15) is 0 Å². The number of carbonyl (C=O) groups is 1. The maximum Gasteiger partial charge on any atom is 0.255 e. The zero-order chi connectivity index (χ0) is 12.2. The number of ketones is 1. The minimum Gasteiger partial charge on any atom is -0.379 e. The zero-order valence-electron chi connectivity index (χ0n) is 10.0. The monoisotopic (exact) mass is 234 g/mol. The van der Waals surface area contributed by atoms with Gasteiger partial charge in [0.25, 0.3) is 5.79 Å². The number of carbonyl (C=O) groups excluding carboxylic acids is 1. The zero-order valence-corrected chi connectivity index (χ0v) is 10.0. The topological polar surface area (TPSA) is 63.2 Å². The Kier molecular flexibility index (Phi) is 4.82. The smallest absolute Gasteiger partial charge is 0.255 e. The van der Waals surface area contributed by atoms with Gasteiger partial charge >= 0.3 is 0 Å². The molecule has 1 aliphatic heterocycles. The van der Waals surface area contributed by atoms with Crippen LogP contribution in [0.5, 0.6) is 0 Å². The van der Waals surface area contributed by atoms with Gasteiger partial charge in [0.1, 0.15) is 18.8 Å². The summed E-state index contributed by atoms with van der Waals surface area (Å²) in [6, 6.07) is 0. The molecule has 0 saturated carbocycles. The molecular formula is C10H18O6. The van der Waals surface area contributed by atoms with Crippen molar-refractivity contribution < 1.29 is 28.5 Å². The first-order valence-electron chi connectivity index (χ1n) is 4.93. The summed E-state index contributed by atoms with van der Waals surface area (Å²) in [5.41, 5.74) is 0. The molecule has 6 nitrogen and oxygen atoms in total. The van der Waals surface area contributed by atoms with Crippen molar-refractivity contribution in [2.75, 3.05) is 41.7 Å². The van der Waals surface area contributed by atoms with Crippen LogP contribution in [-0.4, -0.2) is 65.4 Å². The first-order valence-corrected chi connectivity index (χ1v) is 4.93. The van der Waals surface area contributed by atoms with E-state index < -0.39 is 18.0 Å². The van der Waals surface area contributed by atoms with Crippen LogP contribution >= 0.6 is 0 Å². The second kappa shape index (κ2) is 5.70. The van der Waals surface area contributed by atoms with E-state index in [9.17, 15) is 4.79 Å². The highest BCUT2D eigenvalue weighted by molar-refractivity contribution is 5.91. The number of methoxy groups -OCH3 is 4. The molecule has 1 rings (SSSR count). The molecular weight excluding hydrogens is 216 g/mol. The highest BCUT2D eigenvalue weighted by Gasteiger charge is 2.51. The maximum atomic E-state index is 12.1. The summed E-state index contributed by atoms with van der Waals surface area (Å²) < 4.78 is 25.7. The summed E-state index contributed by atoms with van der Waals surface area (Å²) in [4.78, 5) is 12.1. The fourth-order valence-corrected chi connectivity index (χ4v) is 1.73. The summed E-state index contributed by atoms with van der Waals surface area (Å²) in [5.74, 6) is -1.71. The van der Waals surface area contributed by atoms with Gasteiger partial charge < -0.3 is 23.7 Å². The van der Waals surface area contributed by atoms with Crippen molar-refractivity contribution in [2.45, 2.75) is 18.0 Å². The van der Waals surface area contributed by atoms with Gasteiger partial charge in [-0.3, -0.25) is 4.79 Å². The molecule has 0 spiro atoms. The van der Waals surface area contributed by atoms with E-state index in [0.29, 0.717) is 0 Å². The molecule has 0 N–H and O–H groups in total. The van der Waals surface area contributed by atoms with E-state index in [1.54, 1.807) is 0 Å². The minimum absolute atomic E-state index is 0.0264. The standard InChI is InChI=1S/C10H18O6/c1-12-6-10(15-4)9(11)8(14-3)7(13-2)5-16-10/h7-8H,5-6H2,1-4H3/t7-,8-,10-/m1/s1. The van der Waals surface area contributed by atoms with E-state index >= 15 is 0 Å². The first kappa shape index (κ1) is 13.5. The summed E-state index contributed by atoms with van der Waals surface area (Å²) >= 11 is 0. The summed E-state index contributed by atoms with van der Waals surface area (Å²) in [7, 11) is 5.83. The fraction of sp³-hybridized carbons (Fsp3) is 0.900. The van der Waals surface area contributed by atoms with Crippen LogP contribution < -0.4 is 0 Å². The Hall–Kier alpha value is -0.530. The predicted octanol–water partition coefficient (Wildman–Crippen LogP) is -0.395. The Morgan fingerprint density at radius 1 is 1.31 bits per heavy atom. The van der Waals surface area contributed by atoms with Gasteiger partial charge in [-0.05, 0) is 0 Å². The Morgan fingerprint density at radius 3 is 2.44 bits per heavy atom. The second-order valence-electron chi connectivity index (χ2n) is 3.50. The van der Waals surface area contributed by atoms with Crippen LogP contribution in [0.15, 0.2) is 0 Å². The van der Waals surface area contributed by atoms with Crippen molar-refractivity contribution in [3.63, 3.8) is 0 Å². The molecule has 0 aliphatic carbocycles. The van der Waals surface area contributed by atoms with Gasteiger partial charge in [0.2, 0.25) is 5.78 Å². The van der Waals surface area contributed by atoms with Crippen molar-refractivity contribution >= 4 is 5.78 Å². The Bertz CT molecular complexity index is 243. The quantitative estimate of drug-likeness (QED) is 0.645. The van der Waals surface area contributed by atoms with E-state index in [4.69, 9.17) is 23.7 Å².